The molecular weight excluding hydrogens is 407 g/mol. The maximum Gasteiger partial charge on any atom is 0.262 e. The van der Waals surface area contributed by atoms with Gasteiger partial charge in [-0.3, -0.25) is 4.72 Å². The predicted molar refractivity (Wildman–Crippen MR) is 111 cm³/mol. The maximum atomic E-state index is 13.5. The molecule has 152 valence electrons. The van der Waals surface area contributed by atoms with Gasteiger partial charge in [-0.05, 0) is 55.0 Å². The third kappa shape index (κ3) is 4.28. The van der Waals surface area contributed by atoms with Crippen LogP contribution in [-0.4, -0.2) is 28.2 Å². The monoisotopic (exact) mass is 424 g/mol. The molecule has 2 heterocycles. The lowest BCUT2D eigenvalue weighted by atomic mass is 10.2. The van der Waals surface area contributed by atoms with Gasteiger partial charge < -0.3 is 5.32 Å². The van der Waals surface area contributed by atoms with Crippen LogP contribution in [0.15, 0.2) is 78.2 Å². The molecule has 0 radical (unpaired) electrons. The molecule has 8 nitrogen and oxygen atoms in total. The first-order valence-corrected chi connectivity index (χ1v) is 10.4. The van der Waals surface area contributed by atoms with Crippen LogP contribution < -0.4 is 10.0 Å². The Morgan fingerprint density at radius 1 is 1.00 bits per heavy atom. The van der Waals surface area contributed by atoms with Gasteiger partial charge in [0.2, 0.25) is 0 Å². The normalized spacial score (nSPS) is 11.3. The summed E-state index contributed by atoms with van der Waals surface area (Å²) in [5, 5.41) is 7.25. The molecule has 0 saturated carbocycles. The third-order valence-electron chi connectivity index (χ3n) is 4.24. The van der Waals surface area contributed by atoms with Gasteiger partial charge in [0, 0.05) is 29.8 Å². The van der Waals surface area contributed by atoms with Gasteiger partial charge in [0.15, 0.2) is 5.82 Å². The Balaban J connectivity index is 1.50. The molecule has 0 saturated heterocycles. The van der Waals surface area contributed by atoms with Crippen LogP contribution in [-0.2, 0) is 10.0 Å². The topological polar surface area (TPSA) is 102 Å². The van der Waals surface area contributed by atoms with Crippen molar-refractivity contribution in [2.75, 3.05) is 10.0 Å². The lowest BCUT2D eigenvalue weighted by molar-refractivity contribution is 0.594. The molecule has 4 aromatic rings. The Morgan fingerprint density at radius 2 is 1.77 bits per heavy atom. The summed E-state index contributed by atoms with van der Waals surface area (Å²) in [6.45, 7) is 1.61. The number of aromatic nitrogens is 4. The number of rotatable bonds is 6. The largest absolute Gasteiger partial charge is 0.340 e. The van der Waals surface area contributed by atoms with Crippen LogP contribution in [0.25, 0.3) is 5.82 Å². The van der Waals surface area contributed by atoms with Gasteiger partial charge >= 0.3 is 0 Å². The fourth-order valence-corrected chi connectivity index (χ4v) is 4.10. The van der Waals surface area contributed by atoms with E-state index < -0.39 is 15.8 Å². The summed E-state index contributed by atoms with van der Waals surface area (Å²) >= 11 is 0. The minimum absolute atomic E-state index is 0.100. The molecule has 4 rings (SSSR count). The highest BCUT2D eigenvalue weighted by atomic mass is 32.2. The summed E-state index contributed by atoms with van der Waals surface area (Å²) in [4.78, 5) is 8.24. The van der Waals surface area contributed by atoms with Crippen LogP contribution >= 0.6 is 0 Å². The number of hydrogen-bond acceptors (Lipinski definition) is 6. The van der Waals surface area contributed by atoms with E-state index in [2.05, 4.69) is 25.1 Å². The van der Waals surface area contributed by atoms with Crippen LogP contribution in [0, 0.1) is 12.7 Å². The first-order valence-electron chi connectivity index (χ1n) is 8.89. The quantitative estimate of drug-likeness (QED) is 0.490. The van der Waals surface area contributed by atoms with Crippen molar-refractivity contribution in [3.8, 4) is 5.82 Å². The maximum absolute atomic E-state index is 13.5. The third-order valence-corrected chi connectivity index (χ3v) is 5.76. The highest BCUT2D eigenvalue weighted by molar-refractivity contribution is 7.92. The van der Waals surface area contributed by atoms with Crippen molar-refractivity contribution in [3.05, 3.63) is 84.7 Å². The second kappa shape index (κ2) is 7.91. The number of sulfonamides is 1. The Morgan fingerprint density at radius 3 is 2.50 bits per heavy atom. The zero-order chi connectivity index (χ0) is 21.1. The van der Waals surface area contributed by atoms with Crippen LogP contribution in [0.2, 0.25) is 0 Å². The molecule has 0 aliphatic carbocycles. The van der Waals surface area contributed by atoms with Crippen molar-refractivity contribution in [2.24, 2.45) is 0 Å². The van der Waals surface area contributed by atoms with E-state index in [1.165, 1.54) is 18.5 Å². The van der Waals surface area contributed by atoms with E-state index in [0.29, 0.717) is 28.6 Å². The fourth-order valence-electron chi connectivity index (χ4n) is 2.79. The summed E-state index contributed by atoms with van der Waals surface area (Å²) < 4.78 is 42.7. The van der Waals surface area contributed by atoms with Gasteiger partial charge in [0.05, 0.1) is 4.90 Å². The molecular formula is C20H17FN6O2S. The first-order chi connectivity index (χ1) is 14.4. The fraction of sp³-hybridized carbons (Fsp3) is 0.0500. The number of hydrogen-bond donors (Lipinski definition) is 2. The Hall–Kier alpha value is -3.79. The molecule has 0 unspecified atom stereocenters. The molecule has 0 bridgehead atoms. The second-order valence-electron chi connectivity index (χ2n) is 6.43. The average Bonchev–Trinajstić information content (AvgIpc) is 3.26. The van der Waals surface area contributed by atoms with E-state index in [1.807, 2.05) is 0 Å². The molecule has 0 atom stereocenters. The van der Waals surface area contributed by atoms with Crippen LogP contribution in [0.4, 0.5) is 21.6 Å². The first kappa shape index (κ1) is 19.5. The van der Waals surface area contributed by atoms with Gasteiger partial charge in [0.1, 0.15) is 18.0 Å². The van der Waals surface area contributed by atoms with Crippen molar-refractivity contribution in [3.63, 3.8) is 0 Å². The van der Waals surface area contributed by atoms with Crippen molar-refractivity contribution in [1.82, 2.24) is 19.7 Å². The molecule has 0 fully saturated rings. The number of halogens is 1. The van der Waals surface area contributed by atoms with Crippen LogP contribution in [0.5, 0.6) is 0 Å². The molecule has 0 amide bonds. The van der Waals surface area contributed by atoms with Gasteiger partial charge in [0.25, 0.3) is 10.0 Å². The number of aryl methyl sites for hydroxylation is 1. The molecule has 0 spiro atoms. The predicted octanol–water partition coefficient (Wildman–Crippen LogP) is 3.65. The molecule has 2 aromatic heterocycles. The highest BCUT2D eigenvalue weighted by Crippen LogP contribution is 2.23. The van der Waals surface area contributed by atoms with Crippen molar-refractivity contribution < 1.29 is 12.8 Å². The molecule has 2 aromatic carbocycles. The number of nitrogens with zero attached hydrogens (tertiary/aromatic N) is 4. The highest BCUT2D eigenvalue weighted by Gasteiger charge is 2.17. The zero-order valence-corrected chi connectivity index (χ0v) is 16.6. The zero-order valence-electron chi connectivity index (χ0n) is 15.8. The minimum atomic E-state index is -3.91. The summed E-state index contributed by atoms with van der Waals surface area (Å²) in [6.07, 6.45) is 4.84. The Labute approximate surface area is 172 Å². The molecule has 0 aliphatic rings. The standard InChI is InChI=1S/C20H17FN6O2S/c1-14-3-4-15(21)11-18(14)30(28,29)26-17-7-5-16(6-8-17)25-19-12-20(23-13-22-19)27-10-2-9-24-27/h2-13,26H,1H3,(H,22,23,25). The SMILES string of the molecule is Cc1ccc(F)cc1S(=O)(=O)Nc1ccc(Nc2cc(-n3cccn3)ncn2)cc1. The van der Waals surface area contributed by atoms with E-state index in [-0.39, 0.29) is 4.90 Å². The number of nitrogens with one attached hydrogen (secondary N) is 2. The minimum Gasteiger partial charge on any atom is -0.340 e. The molecule has 30 heavy (non-hydrogen) atoms. The average molecular weight is 424 g/mol. The second-order valence-corrected chi connectivity index (χ2v) is 8.08. The summed E-state index contributed by atoms with van der Waals surface area (Å²) in [6, 6.07) is 13.8. The van der Waals surface area contributed by atoms with E-state index >= 15 is 0 Å². The summed E-state index contributed by atoms with van der Waals surface area (Å²) in [7, 11) is -3.91. The van der Waals surface area contributed by atoms with Gasteiger partial charge in [-0.15, -0.1) is 0 Å². The van der Waals surface area contributed by atoms with E-state index in [0.717, 1.165) is 6.07 Å². The summed E-state index contributed by atoms with van der Waals surface area (Å²) in [5.41, 5.74) is 1.51. The van der Waals surface area contributed by atoms with Crippen molar-refractivity contribution in [1.29, 1.82) is 0 Å². The lowest BCUT2D eigenvalue weighted by Gasteiger charge is -2.12. The van der Waals surface area contributed by atoms with Crippen LogP contribution in [0.3, 0.4) is 0 Å². The van der Waals surface area contributed by atoms with Gasteiger partial charge in [-0.25, -0.2) is 27.5 Å². The smallest absolute Gasteiger partial charge is 0.262 e. The molecule has 10 heteroatoms. The Kier molecular flexibility index (Phi) is 5.15. The molecule has 0 aliphatic heterocycles. The van der Waals surface area contributed by atoms with Gasteiger partial charge in [-0.1, -0.05) is 6.07 Å². The van der Waals surface area contributed by atoms with Crippen molar-refractivity contribution in [2.45, 2.75) is 11.8 Å². The van der Waals surface area contributed by atoms with Gasteiger partial charge in [-0.2, -0.15) is 5.10 Å². The van der Waals surface area contributed by atoms with E-state index in [4.69, 9.17) is 0 Å². The number of benzene rings is 2. The van der Waals surface area contributed by atoms with E-state index in [9.17, 15) is 12.8 Å². The van der Waals surface area contributed by atoms with E-state index in [1.54, 1.807) is 60.4 Å². The Bertz CT molecular complexity index is 1280. The molecule has 2 N–H and O–H groups in total. The number of anilines is 3. The lowest BCUT2D eigenvalue weighted by Crippen LogP contribution is -2.14. The summed E-state index contributed by atoms with van der Waals surface area (Å²) in [5.74, 6) is 0.548. The van der Waals surface area contributed by atoms with Crippen molar-refractivity contribution >= 4 is 27.2 Å². The van der Waals surface area contributed by atoms with Crippen LogP contribution in [0.1, 0.15) is 5.56 Å².